The lowest BCUT2D eigenvalue weighted by molar-refractivity contribution is -0.120. The summed E-state index contributed by atoms with van der Waals surface area (Å²) in [5.41, 5.74) is 12.2. The number of aryl methyl sites for hydroxylation is 1. The van der Waals surface area contributed by atoms with Gasteiger partial charge in [-0.25, -0.2) is 0 Å². The van der Waals surface area contributed by atoms with Crippen molar-refractivity contribution in [3.05, 3.63) is 53.4 Å². The number of aliphatic imine (C=N–C) groups is 1. The Morgan fingerprint density at radius 1 is 1.36 bits per heavy atom. The molecule has 0 fully saturated rings. The standard InChI is InChI=1S/C15H15N5O2/c1-20-12(3-5-19-20)15(14(17)22)4-2-11-9(7-15)6-10(8-18-11)13(16)21/h2-7H,8H2,1H3,(H2,16,21)(H2,17,22). The normalized spacial score (nSPS) is 23.2. The van der Waals surface area contributed by atoms with Crippen LogP contribution >= 0.6 is 0 Å². The summed E-state index contributed by atoms with van der Waals surface area (Å²) in [6.07, 6.45) is 8.40. The molecule has 0 saturated carbocycles. The third-order valence-corrected chi connectivity index (χ3v) is 3.90. The molecule has 1 aromatic heterocycles. The second-order valence-corrected chi connectivity index (χ2v) is 5.24. The summed E-state index contributed by atoms with van der Waals surface area (Å²) in [5, 5.41) is 4.09. The van der Waals surface area contributed by atoms with Crippen LogP contribution < -0.4 is 11.5 Å². The van der Waals surface area contributed by atoms with Gasteiger partial charge in [-0.3, -0.25) is 19.3 Å². The second-order valence-electron chi connectivity index (χ2n) is 5.24. The fourth-order valence-corrected chi connectivity index (χ4v) is 2.70. The molecule has 2 heterocycles. The molecule has 1 aliphatic heterocycles. The van der Waals surface area contributed by atoms with Gasteiger partial charge in [0.15, 0.2) is 0 Å². The number of hydrogen-bond acceptors (Lipinski definition) is 4. The predicted octanol–water partition coefficient (Wildman–Crippen LogP) is -0.494. The minimum Gasteiger partial charge on any atom is -0.368 e. The molecule has 1 aromatic rings. The van der Waals surface area contributed by atoms with E-state index >= 15 is 0 Å². The Morgan fingerprint density at radius 2 is 2.14 bits per heavy atom. The Kier molecular flexibility index (Phi) is 3.05. The molecule has 1 atom stereocenters. The van der Waals surface area contributed by atoms with Gasteiger partial charge in [0, 0.05) is 18.8 Å². The van der Waals surface area contributed by atoms with Gasteiger partial charge in [-0.05, 0) is 29.9 Å². The molecular weight excluding hydrogens is 282 g/mol. The molecular formula is C15H15N5O2. The van der Waals surface area contributed by atoms with E-state index in [4.69, 9.17) is 11.5 Å². The Labute approximate surface area is 126 Å². The number of hydrogen-bond donors (Lipinski definition) is 2. The van der Waals surface area contributed by atoms with Crippen LogP contribution in [0.3, 0.4) is 0 Å². The minimum absolute atomic E-state index is 0.238. The molecule has 1 unspecified atom stereocenters. The topological polar surface area (TPSA) is 116 Å². The summed E-state index contributed by atoms with van der Waals surface area (Å²) in [4.78, 5) is 27.8. The van der Waals surface area contributed by atoms with Gasteiger partial charge in [-0.15, -0.1) is 0 Å². The highest BCUT2D eigenvalue weighted by molar-refractivity contribution is 6.16. The summed E-state index contributed by atoms with van der Waals surface area (Å²) in [6.45, 7) is 0.238. The van der Waals surface area contributed by atoms with Crippen LogP contribution in [0.25, 0.3) is 0 Å². The predicted molar refractivity (Wildman–Crippen MR) is 80.9 cm³/mol. The summed E-state index contributed by atoms with van der Waals surface area (Å²) < 4.78 is 1.59. The molecule has 112 valence electrons. The summed E-state index contributed by atoms with van der Waals surface area (Å²) >= 11 is 0. The number of nitrogens with zero attached hydrogens (tertiary/aromatic N) is 3. The van der Waals surface area contributed by atoms with Crippen LogP contribution in [0.15, 0.2) is 52.7 Å². The van der Waals surface area contributed by atoms with Gasteiger partial charge < -0.3 is 11.5 Å². The van der Waals surface area contributed by atoms with E-state index in [1.165, 1.54) is 0 Å². The lowest BCUT2D eigenvalue weighted by Gasteiger charge is -2.29. The zero-order valence-corrected chi connectivity index (χ0v) is 12.0. The van der Waals surface area contributed by atoms with Crippen molar-refractivity contribution in [1.29, 1.82) is 0 Å². The maximum atomic E-state index is 12.1. The van der Waals surface area contributed by atoms with Gasteiger partial charge in [0.25, 0.3) is 0 Å². The molecule has 7 heteroatoms. The van der Waals surface area contributed by atoms with Gasteiger partial charge >= 0.3 is 0 Å². The van der Waals surface area contributed by atoms with Crippen molar-refractivity contribution in [3.63, 3.8) is 0 Å². The van der Waals surface area contributed by atoms with Crippen molar-refractivity contribution < 1.29 is 9.59 Å². The van der Waals surface area contributed by atoms with Crippen LogP contribution in [0.2, 0.25) is 0 Å². The van der Waals surface area contributed by atoms with E-state index in [1.807, 2.05) is 0 Å². The monoisotopic (exact) mass is 297 g/mol. The van der Waals surface area contributed by atoms with Crippen LogP contribution in [0.1, 0.15) is 5.69 Å². The van der Waals surface area contributed by atoms with Crippen molar-refractivity contribution in [1.82, 2.24) is 9.78 Å². The first-order chi connectivity index (χ1) is 10.4. The zero-order chi connectivity index (χ0) is 15.9. The highest BCUT2D eigenvalue weighted by Crippen LogP contribution is 2.33. The van der Waals surface area contributed by atoms with Crippen LogP contribution in [-0.2, 0) is 22.1 Å². The molecule has 1 aliphatic carbocycles. The molecule has 0 saturated heterocycles. The molecule has 7 nitrogen and oxygen atoms in total. The number of carbonyl (C=O) groups is 2. The van der Waals surface area contributed by atoms with E-state index in [1.54, 1.807) is 48.3 Å². The van der Waals surface area contributed by atoms with E-state index in [0.29, 0.717) is 22.6 Å². The number of allylic oxidation sites excluding steroid dienone is 3. The molecule has 2 aliphatic rings. The van der Waals surface area contributed by atoms with Crippen LogP contribution in [-0.4, -0.2) is 33.9 Å². The molecule has 0 spiro atoms. The summed E-state index contributed by atoms with van der Waals surface area (Å²) in [5.74, 6) is -1.05. The first kappa shape index (κ1) is 14.0. The maximum Gasteiger partial charge on any atom is 0.246 e. The molecule has 2 amide bonds. The quantitative estimate of drug-likeness (QED) is 0.783. The summed E-state index contributed by atoms with van der Waals surface area (Å²) in [6, 6.07) is 1.73. The fraction of sp³-hybridized carbons (Fsp3) is 0.200. The zero-order valence-electron chi connectivity index (χ0n) is 12.0. The number of dihydropyridines is 1. The highest BCUT2D eigenvalue weighted by atomic mass is 16.1. The van der Waals surface area contributed by atoms with Crippen LogP contribution in [0.4, 0.5) is 0 Å². The van der Waals surface area contributed by atoms with Crippen molar-refractivity contribution in [2.75, 3.05) is 6.54 Å². The number of aromatic nitrogens is 2. The number of fused-ring (bicyclic) bond motifs is 1. The molecule has 3 rings (SSSR count). The van der Waals surface area contributed by atoms with Crippen molar-refractivity contribution in [2.24, 2.45) is 23.5 Å². The number of nitrogens with two attached hydrogens (primary N) is 2. The first-order valence-corrected chi connectivity index (χ1v) is 6.70. The number of carbonyl (C=O) groups excluding carboxylic acids is 2. The lowest BCUT2D eigenvalue weighted by Crippen LogP contribution is -2.41. The van der Waals surface area contributed by atoms with Crippen molar-refractivity contribution in [3.8, 4) is 0 Å². The average Bonchev–Trinajstić information content (AvgIpc) is 2.92. The largest absolute Gasteiger partial charge is 0.368 e. The Balaban J connectivity index is 2.17. The maximum absolute atomic E-state index is 12.1. The van der Waals surface area contributed by atoms with Crippen molar-refractivity contribution in [2.45, 2.75) is 5.41 Å². The third kappa shape index (κ3) is 1.98. The molecule has 0 aromatic carbocycles. The number of amides is 2. The number of rotatable bonds is 3. The first-order valence-electron chi connectivity index (χ1n) is 6.70. The van der Waals surface area contributed by atoms with Gasteiger partial charge in [0.2, 0.25) is 11.8 Å². The Hall–Kier alpha value is -2.96. The van der Waals surface area contributed by atoms with Crippen LogP contribution in [0, 0.1) is 0 Å². The van der Waals surface area contributed by atoms with Crippen LogP contribution in [0.5, 0.6) is 0 Å². The second kappa shape index (κ2) is 4.80. The molecule has 4 N–H and O–H groups in total. The Bertz CT molecular complexity index is 797. The minimum atomic E-state index is -1.13. The van der Waals surface area contributed by atoms with Gasteiger partial charge in [0.05, 0.1) is 18.0 Å². The average molecular weight is 297 g/mol. The molecule has 0 bridgehead atoms. The van der Waals surface area contributed by atoms with Crippen molar-refractivity contribution >= 4 is 17.5 Å². The van der Waals surface area contributed by atoms with E-state index in [9.17, 15) is 9.59 Å². The van der Waals surface area contributed by atoms with Gasteiger partial charge in [-0.1, -0.05) is 6.08 Å². The number of primary amides is 2. The van der Waals surface area contributed by atoms with E-state index in [0.717, 1.165) is 0 Å². The Morgan fingerprint density at radius 3 is 2.73 bits per heavy atom. The molecule has 0 radical (unpaired) electrons. The fourth-order valence-electron chi connectivity index (χ4n) is 2.70. The van der Waals surface area contributed by atoms with E-state index < -0.39 is 17.2 Å². The third-order valence-electron chi connectivity index (χ3n) is 3.90. The SMILES string of the molecule is Cn1nccc1C1(C(N)=O)C=CC2=NCC(C(N)=O)=CC2=C1. The highest BCUT2D eigenvalue weighted by Gasteiger charge is 2.39. The molecule has 22 heavy (non-hydrogen) atoms. The van der Waals surface area contributed by atoms with Gasteiger partial charge in [0.1, 0.15) is 5.41 Å². The van der Waals surface area contributed by atoms with E-state index in [2.05, 4.69) is 10.1 Å². The smallest absolute Gasteiger partial charge is 0.246 e. The van der Waals surface area contributed by atoms with E-state index in [-0.39, 0.29) is 6.54 Å². The lowest BCUT2D eigenvalue weighted by atomic mass is 9.76. The summed E-state index contributed by atoms with van der Waals surface area (Å²) in [7, 11) is 1.74. The van der Waals surface area contributed by atoms with Gasteiger partial charge in [-0.2, -0.15) is 5.10 Å².